The van der Waals surface area contributed by atoms with Gasteiger partial charge in [-0.05, 0) is 13.8 Å². The first-order valence-electron chi connectivity index (χ1n) is 3.30. The summed E-state index contributed by atoms with van der Waals surface area (Å²) in [6.45, 7) is 4.76. The van der Waals surface area contributed by atoms with Crippen molar-refractivity contribution in [2.75, 3.05) is 20.3 Å². The van der Waals surface area contributed by atoms with Crippen molar-refractivity contribution in [1.29, 1.82) is 0 Å². The highest BCUT2D eigenvalue weighted by atomic mass is 28.4. The summed E-state index contributed by atoms with van der Waals surface area (Å²) in [6.07, 6.45) is 0. The Bertz CT molecular complexity index is 85.0. The lowest BCUT2D eigenvalue weighted by Gasteiger charge is -2.20. The molecule has 0 rings (SSSR count). The lowest BCUT2D eigenvalue weighted by molar-refractivity contribution is 0.0878. The fraction of sp³-hybridized carbons (Fsp3) is 1.00. The lowest BCUT2D eigenvalue weighted by atomic mass is 10.9. The van der Waals surface area contributed by atoms with E-state index < -0.39 is 8.97 Å². The number of hydrogen-bond donors (Lipinski definition) is 1. The van der Waals surface area contributed by atoms with Gasteiger partial charge in [-0.1, -0.05) is 0 Å². The molecule has 0 aliphatic heterocycles. The van der Waals surface area contributed by atoms with Crippen LogP contribution in [0.1, 0.15) is 13.8 Å². The fourth-order valence-corrected chi connectivity index (χ4v) is 1.69. The minimum atomic E-state index is -2.72. The molecule has 0 fully saturated rings. The molecule has 4 nitrogen and oxygen atoms in total. The molecule has 0 aliphatic carbocycles. The van der Waals surface area contributed by atoms with Gasteiger partial charge >= 0.3 is 8.97 Å². The zero-order valence-electron chi connectivity index (χ0n) is 6.72. The molecule has 0 aromatic heterocycles. The monoisotopic (exact) mass is 165 g/mol. The largest absolute Gasteiger partial charge is 0.593 e. The second-order valence-corrected chi connectivity index (χ2v) is 3.87. The molecule has 0 unspecified atom stereocenters. The molecule has 0 saturated heterocycles. The van der Waals surface area contributed by atoms with Crippen LogP contribution in [0.5, 0.6) is 0 Å². The normalized spacial score (nSPS) is 12.0. The minimum Gasteiger partial charge on any atom is -0.365 e. The van der Waals surface area contributed by atoms with Crippen LogP contribution in [0.25, 0.3) is 0 Å². The summed E-state index contributed by atoms with van der Waals surface area (Å²) in [6, 6.07) is 0. The molecule has 0 radical (unpaired) electrons. The van der Waals surface area contributed by atoms with Gasteiger partial charge in [-0.25, -0.2) is 0 Å². The highest BCUT2D eigenvalue weighted by Gasteiger charge is 2.34. The molecule has 0 saturated carbocycles. The van der Waals surface area contributed by atoms with E-state index in [4.69, 9.17) is 18.7 Å². The van der Waals surface area contributed by atoms with Gasteiger partial charge in [0.2, 0.25) is 0 Å². The van der Waals surface area contributed by atoms with Crippen molar-refractivity contribution in [2.45, 2.75) is 13.8 Å². The zero-order valence-corrected chi connectivity index (χ0v) is 7.72. The predicted molar refractivity (Wildman–Crippen MR) is 40.2 cm³/mol. The van der Waals surface area contributed by atoms with Crippen LogP contribution in [0.2, 0.25) is 0 Å². The van der Waals surface area contributed by atoms with Gasteiger partial charge in [-0.2, -0.15) is 0 Å². The van der Waals surface area contributed by atoms with Crippen molar-refractivity contribution in [2.24, 2.45) is 5.40 Å². The summed E-state index contributed by atoms with van der Waals surface area (Å²) in [5.74, 6) is 0. The second kappa shape index (κ2) is 4.81. The van der Waals surface area contributed by atoms with Gasteiger partial charge in [-0.15, -0.1) is 0 Å². The molecule has 0 heterocycles. The van der Waals surface area contributed by atoms with Crippen LogP contribution >= 0.6 is 0 Å². The molecule has 0 bridgehead atoms. The molecule has 0 atom stereocenters. The van der Waals surface area contributed by atoms with Crippen LogP contribution < -0.4 is 5.40 Å². The van der Waals surface area contributed by atoms with Gasteiger partial charge < -0.3 is 13.3 Å². The molecule has 10 heavy (non-hydrogen) atoms. The molecular formula is C5H15NO3Si. The smallest absolute Gasteiger partial charge is 0.365 e. The molecule has 5 heteroatoms. The Hall–Kier alpha value is 0.0569. The molecule has 2 N–H and O–H groups in total. The van der Waals surface area contributed by atoms with Crippen molar-refractivity contribution < 1.29 is 13.3 Å². The van der Waals surface area contributed by atoms with E-state index >= 15 is 0 Å². The molecule has 0 aromatic rings. The zero-order chi connectivity index (χ0) is 8.04. The molecule has 0 aromatic carbocycles. The van der Waals surface area contributed by atoms with E-state index in [0.29, 0.717) is 13.2 Å². The van der Waals surface area contributed by atoms with Gasteiger partial charge in [0.05, 0.1) is 0 Å². The first-order chi connectivity index (χ1) is 4.68. The Morgan fingerprint density at radius 3 is 1.80 bits per heavy atom. The first-order valence-corrected chi connectivity index (χ1v) is 5.10. The van der Waals surface area contributed by atoms with Crippen LogP contribution in [-0.4, -0.2) is 29.3 Å². The number of rotatable bonds is 5. The summed E-state index contributed by atoms with van der Waals surface area (Å²) in [7, 11) is -1.23. The van der Waals surface area contributed by atoms with Gasteiger partial charge in [0.1, 0.15) is 0 Å². The summed E-state index contributed by atoms with van der Waals surface area (Å²) in [5, 5.41) is 5.59. The van der Waals surface area contributed by atoms with E-state index in [1.54, 1.807) is 0 Å². The first kappa shape index (κ1) is 10.1. The van der Waals surface area contributed by atoms with E-state index in [-0.39, 0.29) is 0 Å². The molecule has 0 amide bonds. The van der Waals surface area contributed by atoms with Crippen molar-refractivity contribution in [3.63, 3.8) is 0 Å². The quantitative estimate of drug-likeness (QED) is 0.587. The average molecular weight is 165 g/mol. The fourth-order valence-electron chi connectivity index (χ4n) is 0.562. The van der Waals surface area contributed by atoms with Crippen molar-refractivity contribution in [1.82, 2.24) is 0 Å². The molecule has 0 spiro atoms. The SMILES string of the molecule is CCO[Si](N)(OC)OCC. The third kappa shape index (κ3) is 3.28. The second-order valence-electron chi connectivity index (χ2n) is 1.67. The summed E-state index contributed by atoms with van der Waals surface area (Å²) >= 11 is 0. The van der Waals surface area contributed by atoms with E-state index in [2.05, 4.69) is 0 Å². The van der Waals surface area contributed by atoms with Gasteiger partial charge in [0, 0.05) is 20.3 Å². The molecular weight excluding hydrogens is 150 g/mol. The van der Waals surface area contributed by atoms with Crippen molar-refractivity contribution in [3.8, 4) is 0 Å². The van der Waals surface area contributed by atoms with Gasteiger partial charge in [-0.3, -0.25) is 5.40 Å². The Morgan fingerprint density at radius 1 is 1.20 bits per heavy atom. The van der Waals surface area contributed by atoms with Crippen LogP contribution in [0.4, 0.5) is 0 Å². The van der Waals surface area contributed by atoms with Crippen LogP contribution in [0.15, 0.2) is 0 Å². The number of hydrogen-bond acceptors (Lipinski definition) is 4. The Balaban J connectivity index is 3.69. The van der Waals surface area contributed by atoms with E-state index in [0.717, 1.165) is 0 Å². The summed E-state index contributed by atoms with van der Waals surface area (Å²) in [4.78, 5) is 0. The van der Waals surface area contributed by atoms with E-state index in [9.17, 15) is 0 Å². The van der Waals surface area contributed by atoms with Crippen LogP contribution in [0.3, 0.4) is 0 Å². The molecule has 0 aliphatic rings. The van der Waals surface area contributed by atoms with Gasteiger partial charge in [0.15, 0.2) is 0 Å². The van der Waals surface area contributed by atoms with Gasteiger partial charge in [0.25, 0.3) is 0 Å². The van der Waals surface area contributed by atoms with Crippen LogP contribution in [0, 0.1) is 0 Å². The van der Waals surface area contributed by atoms with Crippen LogP contribution in [-0.2, 0) is 13.3 Å². The summed E-state index contributed by atoms with van der Waals surface area (Å²) < 4.78 is 15.1. The third-order valence-electron chi connectivity index (χ3n) is 0.976. The Morgan fingerprint density at radius 2 is 1.60 bits per heavy atom. The van der Waals surface area contributed by atoms with E-state index in [1.807, 2.05) is 13.8 Å². The Labute approximate surface area is 62.7 Å². The number of nitrogens with two attached hydrogens (primary N) is 1. The highest BCUT2D eigenvalue weighted by molar-refractivity contribution is 6.56. The highest BCUT2D eigenvalue weighted by Crippen LogP contribution is 1.98. The Kier molecular flexibility index (Phi) is 4.84. The predicted octanol–water partition coefficient (Wildman–Crippen LogP) is 0.100. The topological polar surface area (TPSA) is 53.7 Å². The standard InChI is InChI=1S/C5H15NO3Si/c1-4-8-10(6,7-3)9-5-2/h4-6H2,1-3H3. The maximum Gasteiger partial charge on any atom is 0.593 e. The maximum absolute atomic E-state index is 5.59. The minimum absolute atomic E-state index is 0.524. The van der Waals surface area contributed by atoms with Crippen molar-refractivity contribution in [3.05, 3.63) is 0 Å². The average Bonchev–Trinajstić information content (AvgIpc) is 1.89. The maximum atomic E-state index is 5.59. The molecule has 62 valence electrons. The van der Waals surface area contributed by atoms with Crippen molar-refractivity contribution >= 4 is 8.97 Å². The van der Waals surface area contributed by atoms with E-state index in [1.165, 1.54) is 7.11 Å². The lowest BCUT2D eigenvalue weighted by Crippen LogP contribution is -2.54. The third-order valence-corrected chi connectivity index (χ3v) is 2.93. The summed E-state index contributed by atoms with van der Waals surface area (Å²) in [5.41, 5.74) is 0.